The van der Waals surface area contributed by atoms with E-state index in [0.717, 1.165) is 0 Å². The van der Waals surface area contributed by atoms with Gasteiger partial charge >= 0.3 is 5.97 Å². The first kappa shape index (κ1) is 12.0. The molecule has 1 unspecified atom stereocenters. The molecule has 1 atom stereocenters. The van der Waals surface area contributed by atoms with Gasteiger partial charge in [0, 0.05) is 11.8 Å². The second-order valence-corrected chi connectivity index (χ2v) is 4.55. The molecule has 0 aromatic carbocycles. The van der Waals surface area contributed by atoms with Gasteiger partial charge in [-0.25, -0.2) is 4.79 Å². The Morgan fingerprint density at radius 3 is 2.60 bits per heavy atom. The normalized spacial score (nSPS) is 11.9. The van der Waals surface area contributed by atoms with Gasteiger partial charge in [0.05, 0.1) is 11.4 Å². The summed E-state index contributed by atoms with van der Waals surface area (Å²) in [6, 6.07) is 2.58. The second-order valence-electron chi connectivity index (χ2n) is 2.80. The Morgan fingerprint density at radius 1 is 1.53 bits per heavy atom. The fourth-order valence-electron chi connectivity index (χ4n) is 1.05. The number of hydrogen-bond acceptors (Lipinski definition) is 4. The molecule has 82 valence electrons. The molecule has 0 aliphatic carbocycles. The Labute approximate surface area is 96.2 Å². The van der Waals surface area contributed by atoms with Crippen LogP contribution in [0.3, 0.4) is 0 Å². The molecule has 0 bridgehead atoms. The lowest BCUT2D eigenvalue weighted by Gasteiger charge is -2.13. The zero-order valence-electron chi connectivity index (χ0n) is 8.24. The van der Waals surface area contributed by atoms with Crippen molar-refractivity contribution in [3.8, 4) is 0 Å². The number of thiophene rings is 1. The van der Waals surface area contributed by atoms with E-state index in [-0.39, 0.29) is 5.91 Å². The summed E-state index contributed by atoms with van der Waals surface area (Å²) in [4.78, 5) is 22.9. The van der Waals surface area contributed by atoms with E-state index < -0.39 is 12.0 Å². The summed E-state index contributed by atoms with van der Waals surface area (Å²) >= 11 is 6.97. The lowest BCUT2D eigenvalue weighted by atomic mass is 10.2. The molecule has 4 nitrogen and oxygen atoms in total. The van der Waals surface area contributed by atoms with E-state index in [1.807, 2.05) is 0 Å². The third-order valence-electron chi connectivity index (χ3n) is 1.66. The predicted molar refractivity (Wildman–Crippen MR) is 57.9 cm³/mol. The highest BCUT2D eigenvalue weighted by atomic mass is 35.5. The molecule has 15 heavy (non-hydrogen) atoms. The molecular weight excluding hydrogens is 238 g/mol. The number of esters is 1. The zero-order chi connectivity index (χ0) is 11.4. The van der Waals surface area contributed by atoms with Crippen LogP contribution in [-0.2, 0) is 14.3 Å². The standard InChI is InChI=1S/C9H10ClNO3S/c1-5(12)11-8(9(13)14-2)6-3-4-7(10)15-6/h3-4,8H,1-2H3,(H,11,12). The maximum Gasteiger partial charge on any atom is 0.333 e. The first-order valence-corrected chi connectivity index (χ1v) is 5.34. The van der Waals surface area contributed by atoms with E-state index in [1.54, 1.807) is 12.1 Å². The third kappa shape index (κ3) is 3.21. The highest BCUT2D eigenvalue weighted by molar-refractivity contribution is 7.16. The fraction of sp³-hybridized carbons (Fsp3) is 0.333. The van der Waals surface area contributed by atoms with Crippen molar-refractivity contribution in [1.82, 2.24) is 5.32 Å². The van der Waals surface area contributed by atoms with Crippen LogP contribution in [0.2, 0.25) is 4.34 Å². The number of carbonyl (C=O) groups is 2. The molecule has 0 saturated carbocycles. The van der Waals surface area contributed by atoms with E-state index in [2.05, 4.69) is 10.1 Å². The van der Waals surface area contributed by atoms with Gasteiger partial charge in [-0.3, -0.25) is 4.79 Å². The Kier molecular flexibility index (Phi) is 4.11. The number of methoxy groups -OCH3 is 1. The molecule has 0 aliphatic heterocycles. The van der Waals surface area contributed by atoms with Crippen LogP contribution in [0.25, 0.3) is 0 Å². The van der Waals surface area contributed by atoms with Crippen LogP contribution < -0.4 is 5.32 Å². The van der Waals surface area contributed by atoms with Crippen LogP contribution in [0.1, 0.15) is 17.8 Å². The molecule has 0 fully saturated rings. The number of amides is 1. The summed E-state index contributed by atoms with van der Waals surface area (Å²) < 4.78 is 5.15. The smallest absolute Gasteiger partial charge is 0.333 e. The minimum atomic E-state index is -0.773. The van der Waals surface area contributed by atoms with Gasteiger partial charge in [-0.15, -0.1) is 11.3 Å². The number of hydrogen-bond donors (Lipinski definition) is 1. The highest BCUT2D eigenvalue weighted by Gasteiger charge is 2.23. The monoisotopic (exact) mass is 247 g/mol. The Bertz CT molecular complexity index is 377. The van der Waals surface area contributed by atoms with Crippen LogP contribution in [-0.4, -0.2) is 19.0 Å². The number of halogens is 1. The van der Waals surface area contributed by atoms with E-state index in [1.165, 1.54) is 25.4 Å². The average Bonchev–Trinajstić information content (AvgIpc) is 2.59. The minimum absolute atomic E-state index is 0.296. The SMILES string of the molecule is COC(=O)C(NC(C)=O)c1ccc(Cl)s1. The van der Waals surface area contributed by atoms with Crippen molar-refractivity contribution < 1.29 is 14.3 Å². The molecule has 0 saturated heterocycles. The number of carbonyl (C=O) groups excluding carboxylic acids is 2. The third-order valence-corrected chi connectivity index (χ3v) is 2.96. The average molecular weight is 248 g/mol. The molecule has 1 amide bonds. The maximum atomic E-state index is 11.4. The second kappa shape index (κ2) is 5.14. The summed E-state index contributed by atoms with van der Waals surface area (Å²) in [6.07, 6.45) is 0. The molecule has 6 heteroatoms. The highest BCUT2D eigenvalue weighted by Crippen LogP contribution is 2.27. The Hall–Kier alpha value is -1.07. The molecule has 1 rings (SSSR count). The largest absolute Gasteiger partial charge is 0.467 e. The predicted octanol–water partition coefficient (Wildman–Crippen LogP) is 1.75. The lowest BCUT2D eigenvalue weighted by Crippen LogP contribution is -2.32. The first-order valence-electron chi connectivity index (χ1n) is 4.14. The van der Waals surface area contributed by atoms with E-state index in [0.29, 0.717) is 9.21 Å². The van der Waals surface area contributed by atoms with Gasteiger partial charge in [-0.2, -0.15) is 0 Å². The quantitative estimate of drug-likeness (QED) is 0.828. The Balaban J connectivity index is 2.90. The Morgan fingerprint density at radius 2 is 2.20 bits per heavy atom. The topological polar surface area (TPSA) is 55.4 Å². The van der Waals surface area contributed by atoms with Gasteiger partial charge < -0.3 is 10.1 Å². The molecule has 0 radical (unpaired) electrons. The van der Waals surface area contributed by atoms with Crippen LogP contribution in [0.5, 0.6) is 0 Å². The number of nitrogens with one attached hydrogen (secondary N) is 1. The van der Waals surface area contributed by atoms with Crippen molar-refractivity contribution in [2.45, 2.75) is 13.0 Å². The van der Waals surface area contributed by atoms with Crippen molar-refractivity contribution in [3.63, 3.8) is 0 Å². The summed E-state index contributed by atoms with van der Waals surface area (Å²) in [7, 11) is 1.27. The number of ether oxygens (including phenoxy) is 1. The molecule has 1 aromatic rings. The minimum Gasteiger partial charge on any atom is -0.467 e. The van der Waals surface area contributed by atoms with Gasteiger partial charge in [0.2, 0.25) is 5.91 Å². The molecule has 0 aliphatic rings. The molecular formula is C9H10ClNO3S. The molecule has 1 N–H and O–H groups in total. The van der Waals surface area contributed by atoms with Crippen LogP contribution in [0.15, 0.2) is 12.1 Å². The van der Waals surface area contributed by atoms with Crippen LogP contribution >= 0.6 is 22.9 Å². The number of rotatable bonds is 3. The van der Waals surface area contributed by atoms with Gasteiger partial charge in [0.25, 0.3) is 0 Å². The molecule has 0 spiro atoms. The van der Waals surface area contributed by atoms with Gasteiger partial charge in [-0.1, -0.05) is 11.6 Å². The van der Waals surface area contributed by atoms with Crippen molar-refractivity contribution in [2.24, 2.45) is 0 Å². The van der Waals surface area contributed by atoms with Gasteiger partial charge in [0.1, 0.15) is 0 Å². The van der Waals surface area contributed by atoms with Gasteiger partial charge in [0.15, 0.2) is 6.04 Å². The lowest BCUT2D eigenvalue weighted by molar-refractivity contribution is -0.145. The summed E-state index contributed by atoms with van der Waals surface area (Å²) in [5.41, 5.74) is 0. The van der Waals surface area contributed by atoms with Crippen LogP contribution in [0.4, 0.5) is 0 Å². The van der Waals surface area contributed by atoms with E-state index in [9.17, 15) is 9.59 Å². The van der Waals surface area contributed by atoms with Gasteiger partial charge in [-0.05, 0) is 12.1 Å². The van der Waals surface area contributed by atoms with Crippen molar-refractivity contribution >= 4 is 34.8 Å². The molecule has 1 heterocycles. The van der Waals surface area contributed by atoms with Crippen LogP contribution in [0, 0.1) is 0 Å². The fourth-order valence-corrected chi connectivity index (χ4v) is 2.15. The molecule has 1 aromatic heterocycles. The summed E-state index contributed by atoms with van der Waals surface area (Å²) in [5.74, 6) is -0.807. The van der Waals surface area contributed by atoms with Crippen molar-refractivity contribution in [2.75, 3.05) is 7.11 Å². The van der Waals surface area contributed by atoms with E-state index >= 15 is 0 Å². The maximum absolute atomic E-state index is 11.4. The summed E-state index contributed by atoms with van der Waals surface area (Å²) in [6.45, 7) is 1.34. The summed E-state index contributed by atoms with van der Waals surface area (Å²) in [5, 5.41) is 2.50. The first-order chi connectivity index (χ1) is 7.04. The van der Waals surface area contributed by atoms with Crippen molar-refractivity contribution in [3.05, 3.63) is 21.3 Å². The van der Waals surface area contributed by atoms with E-state index in [4.69, 9.17) is 11.6 Å². The zero-order valence-corrected chi connectivity index (χ0v) is 9.82. The van der Waals surface area contributed by atoms with Crippen molar-refractivity contribution in [1.29, 1.82) is 0 Å².